The summed E-state index contributed by atoms with van der Waals surface area (Å²) in [6.07, 6.45) is 16.8. The van der Waals surface area contributed by atoms with Crippen LogP contribution in [0, 0.1) is 5.92 Å². The average Bonchev–Trinajstić information content (AvgIpc) is 3.28. The van der Waals surface area contributed by atoms with Gasteiger partial charge < -0.3 is 14.9 Å². The molecule has 0 bridgehead atoms. The van der Waals surface area contributed by atoms with Gasteiger partial charge in [0.15, 0.2) is 0 Å². The first-order valence-electron chi connectivity index (χ1n) is 11.1. The second-order valence-electron chi connectivity index (χ2n) is 8.23. The third-order valence-electron chi connectivity index (χ3n) is 5.82. The van der Waals surface area contributed by atoms with E-state index in [1.54, 1.807) is 0 Å². The maximum absolute atomic E-state index is 12.0. The Morgan fingerprint density at radius 1 is 0.962 bits per heavy atom. The van der Waals surface area contributed by atoms with Gasteiger partial charge in [-0.05, 0) is 12.8 Å². The van der Waals surface area contributed by atoms with E-state index in [1.165, 1.54) is 70.6 Å². The van der Waals surface area contributed by atoms with Crippen LogP contribution in [-0.2, 0) is 9.53 Å². The van der Waals surface area contributed by atoms with Crippen molar-refractivity contribution in [1.82, 2.24) is 0 Å². The molecule has 0 amide bonds. The van der Waals surface area contributed by atoms with Gasteiger partial charge in [0, 0.05) is 12.3 Å². The molecule has 1 saturated carbocycles. The molecular formula is C22H42O4. The summed E-state index contributed by atoms with van der Waals surface area (Å²) in [5.41, 5.74) is -0.817. The molecule has 4 heteroatoms. The van der Waals surface area contributed by atoms with Crippen molar-refractivity contribution in [3.05, 3.63) is 0 Å². The van der Waals surface area contributed by atoms with Crippen molar-refractivity contribution in [2.45, 2.75) is 122 Å². The molecule has 0 aliphatic heterocycles. The van der Waals surface area contributed by atoms with Crippen molar-refractivity contribution >= 4 is 5.97 Å². The standard InChI is InChI=1S/C22H42O4/c1-3-4-5-6-7-8-9-10-11-12-13-14-15-16-21(25)26-22(17-19(22)2)20(24)18-23/h19-20,23-24H,3-18H2,1-2H3. The number of carbonyl (C=O) groups is 1. The van der Waals surface area contributed by atoms with Gasteiger partial charge in [0.2, 0.25) is 0 Å². The van der Waals surface area contributed by atoms with Crippen molar-refractivity contribution in [3.63, 3.8) is 0 Å². The molecule has 26 heavy (non-hydrogen) atoms. The Hall–Kier alpha value is -0.610. The van der Waals surface area contributed by atoms with Gasteiger partial charge in [0.25, 0.3) is 0 Å². The number of esters is 1. The largest absolute Gasteiger partial charge is 0.456 e. The summed E-state index contributed by atoms with van der Waals surface area (Å²) >= 11 is 0. The number of unbranched alkanes of at least 4 members (excludes halogenated alkanes) is 12. The molecule has 0 aromatic heterocycles. The average molecular weight is 371 g/mol. The summed E-state index contributed by atoms with van der Waals surface area (Å²) in [6.45, 7) is 3.85. The van der Waals surface area contributed by atoms with E-state index in [9.17, 15) is 9.90 Å². The van der Waals surface area contributed by atoms with Crippen LogP contribution in [0.5, 0.6) is 0 Å². The molecule has 4 nitrogen and oxygen atoms in total. The maximum Gasteiger partial charge on any atom is 0.306 e. The van der Waals surface area contributed by atoms with E-state index in [-0.39, 0.29) is 18.5 Å². The number of ether oxygens (including phenoxy) is 1. The van der Waals surface area contributed by atoms with Crippen LogP contribution in [0.2, 0.25) is 0 Å². The van der Waals surface area contributed by atoms with E-state index < -0.39 is 11.7 Å². The summed E-state index contributed by atoms with van der Waals surface area (Å²) in [6, 6.07) is 0. The fraction of sp³-hybridized carbons (Fsp3) is 0.955. The SMILES string of the molecule is CCCCCCCCCCCCCCCC(=O)OC1(C(O)CO)CC1C. The monoisotopic (exact) mass is 370 g/mol. The van der Waals surface area contributed by atoms with Gasteiger partial charge >= 0.3 is 5.97 Å². The zero-order valence-electron chi connectivity index (χ0n) is 17.2. The summed E-state index contributed by atoms with van der Waals surface area (Å²) in [5, 5.41) is 18.9. The minimum atomic E-state index is -0.951. The van der Waals surface area contributed by atoms with Crippen LogP contribution in [0.15, 0.2) is 0 Å². The summed E-state index contributed by atoms with van der Waals surface area (Å²) in [4.78, 5) is 12.0. The van der Waals surface area contributed by atoms with Crippen molar-refractivity contribution in [3.8, 4) is 0 Å². The van der Waals surface area contributed by atoms with E-state index in [0.717, 1.165) is 12.8 Å². The van der Waals surface area contributed by atoms with Crippen molar-refractivity contribution in [1.29, 1.82) is 0 Å². The molecule has 1 fully saturated rings. The molecule has 3 atom stereocenters. The third kappa shape index (κ3) is 8.85. The first kappa shape index (κ1) is 23.4. The highest BCUT2D eigenvalue weighted by molar-refractivity contribution is 5.70. The number of hydrogen-bond donors (Lipinski definition) is 2. The second-order valence-corrected chi connectivity index (χ2v) is 8.23. The van der Waals surface area contributed by atoms with Crippen molar-refractivity contribution in [2.24, 2.45) is 5.92 Å². The van der Waals surface area contributed by atoms with Gasteiger partial charge in [0.05, 0.1) is 6.61 Å². The Kier molecular flexibility index (Phi) is 12.2. The topological polar surface area (TPSA) is 66.8 Å². The van der Waals surface area contributed by atoms with E-state index in [4.69, 9.17) is 9.84 Å². The lowest BCUT2D eigenvalue weighted by atomic mass is 10.0. The van der Waals surface area contributed by atoms with Gasteiger partial charge in [0.1, 0.15) is 11.7 Å². The van der Waals surface area contributed by atoms with E-state index in [0.29, 0.717) is 12.8 Å². The molecule has 2 N–H and O–H groups in total. The Labute approximate surface area is 160 Å². The quantitative estimate of drug-likeness (QED) is 0.275. The second kappa shape index (κ2) is 13.5. The van der Waals surface area contributed by atoms with E-state index >= 15 is 0 Å². The van der Waals surface area contributed by atoms with Crippen LogP contribution < -0.4 is 0 Å². The Morgan fingerprint density at radius 2 is 1.38 bits per heavy atom. The lowest BCUT2D eigenvalue weighted by Crippen LogP contribution is -2.37. The smallest absolute Gasteiger partial charge is 0.306 e. The predicted molar refractivity (Wildman–Crippen MR) is 106 cm³/mol. The van der Waals surface area contributed by atoms with Crippen LogP contribution in [0.4, 0.5) is 0 Å². The molecule has 1 aliphatic rings. The lowest BCUT2D eigenvalue weighted by Gasteiger charge is -2.22. The van der Waals surface area contributed by atoms with E-state index in [1.807, 2.05) is 6.92 Å². The van der Waals surface area contributed by atoms with Gasteiger partial charge in [-0.3, -0.25) is 4.79 Å². The molecular weight excluding hydrogens is 328 g/mol. The fourth-order valence-electron chi connectivity index (χ4n) is 3.80. The van der Waals surface area contributed by atoms with Crippen molar-refractivity contribution in [2.75, 3.05) is 6.61 Å². The summed E-state index contributed by atoms with van der Waals surface area (Å²) < 4.78 is 5.47. The molecule has 0 heterocycles. The molecule has 1 aliphatic carbocycles. The molecule has 0 aromatic rings. The Morgan fingerprint density at radius 3 is 1.77 bits per heavy atom. The molecule has 1 rings (SSSR count). The van der Waals surface area contributed by atoms with Crippen LogP contribution in [0.25, 0.3) is 0 Å². The van der Waals surface area contributed by atoms with Gasteiger partial charge in [-0.15, -0.1) is 0 Å². The van der Waals surface area contributed by atoms with Crippen molar-refractivity contribution < 1.29 is 19.7 Å². The zero-order valence-corrected chi connectivity index (χ0v) is 17.2. The van der Waals surface area contributed by atoms with Crippen LogP contribution in [0.3, 0.4) is 0 Å². The van der Waals surface area contributed by atoms with Gasteiger partial charge in [-0.2, -0.15) is 0 Å². The Balaban J connectivity index is 1.89. The fourth-order valence-corrected chi connectivity index (χ4v) is 3.80. The third-order valence-corrected chi connectivity index (χ3v) is 5.82. The number of hydrogen-bond acceptors (Lipinski definition) is 4. The van der Waals surface area contributed by atoms with Gasteiger partial charge in [-0.1, -0.05) is 90.9 Å². The molecule has 0 aromatic carbocycles. The minimum absolute atomic E-state index is 0.139. The van der Waals surface area contributed by atoms with Crippen LogP contribution in [0.1, 0.15) is 110 Å². The highest BCUT2D eigenvalue weighted by atomic mass is 16.6. The molecule has 3 unspecified atom stereocenters. The minimum Gasteiger partial charge on any atom is -0.456 e. The summed E-state index contributed by atoms with van der Waals surface area (Å²) in [7, 11) is 0. The highest BCUT2D eigenvalue weighted by Crippen LogP contribution is 2.49. The maximum atomic E-state index is 12.0. The number of rotatable bonds is 17. The van der Waals surface area contributed by atoms with Gasteiger partial charge in [-0.25, -0.2) is 0 Å². The molecule has 0 spiro atoms. The number of aliphatic hydroxyl groups is 2. The summed E-state index contributed by atoms with van der Waals surface area (Å²) in [5.74, 6) is -0.0924. The van der Waals surface area contributed by atoms with E-state index in [2.05, 4.69) is 6.92 Å². The molecule has 154 valence electrons. The Bertz CT molecular complexity index is 371. The number of aliphatic hydroxyl groups excluding tert-OH is 2. The molecule has 0 radical (unpaired) electrons. The first-order valence-corrected chi connectivity index (χ1v) is 11.1. The molecule has 0 saturated heterocycles. The zero-order chi connectivity index (χ0) is 19.3. The predicted octanol–water partition coefficient (Wildman–Crippen LogP) is 5.14. The van der Waals surface area contributed by atoms with Crippen LogP contribution >= 0.6 is 0 Å². The normalized spacial score (nSPS) is 23.0. The first-order chi connectivity index (χ1) is 12.6. The van der Waals surface area contributed by atoms with Crippen LogP contribution in [-0.4, -0.2) is 34.5 Å². The highest BCUT2D eigenvalue weighted by Gasteiger charge is 2.59. The number of carbonyl (C=O) groups excluding carboxylic acids is 1. The lowest BCUT2D eigenvalue weighted by molar-refractivity contribution is -0.162.